The van der Waals surface area contributed by atoms with Crippen LogP contribution in [0.3, 0.4) is 0 Å². The average Bonchev–Trinajstić information content (AvgIpc) is 2.92. The van der Waals surface area contributed by atoms with Crippen LogP contribution in [0.5, 0.6) is 5.75 Å². The maximum Gasteiger partial charge on any atom is 0.307 e. The van der Waals surface area contributed by atoms with E-state index in [1.807, 2.05) is 97.1 Å². The zero-order valence-corrected chi connectivity index (χ0v) is 21.6. The molecule has 35 heavy (non-hydrogen) atoms. The molecule has 0 heterocycles. The first-order chi connectivity index (χ1) is 17.0. The van der Waals surface area contributed by atoms with Crippen LogP contribution in [0, 0.1) is 0 Å². The number of benzene rings is 4. The molecule has 0 aliphatic rings. The van der Waals surface area contributed by atoms with Gasteiger partial charge in [0.15, 0.2) is 0 Å². The summed E-state index contributed by atoms with van der Waals surface area (Å²) in [7, 11) is -5.13. The molecular formula is C29H30O4S2. The highest BCUT2D eigenvalue weighted by atomic mass is 32.3. The highest BCUT2D eigenvalue weighted by Gasteiger charge is 2.38. The van der Waals surface area contributed by atoms with E-state index in [0.717, 1.165) is 39.5 Å². The molecule has 0 bridgehead atoms. The molecule has 0 spiro atoms. The van der Waals surface area contributed by atoms with Crippen molar-refractivity contribution in [3.63, 3.8) is 0 Å². The summed E-state index contributed by atoms with van der Waals surface area (Å²) < 4.78 is 39.3. The fraction of sp³-hybridized carbons (Fsp3) is 0.172. The van der Waals surface area contributed by atoms with Crippen LogP contribution in [0.4, 0.5) is 0 Å². The first kappa shape index (κ1) is 25.0. The van der Waals surface area contributed by atoms with E-state index in [1.54, 1.807) is 19.2 Å². The lowest BCUT2D eigenvalue weighted by molar-refractivity contribution is 0.414. The van der Waals surface area contributed by atoms with Crippen molar-refractivity contribution in [1.82, 2.24) is 0 Å². The number of ether oxygens (including phenoxy) is 1. The van der Waals surface area contributed by atoms with Gasteiger partial charge in [0.2, 0.25) is 0 Å². The second-order valence-corrected chi connectivity index (χ2v) is 12.6. The molecule has 0 N–H and O–H groups in total. The summed E-state index contributed by atoms with van der Waals surface area (Å²) in [5.41, 5.74) is 1.12. The van der Waals surface area contributed by atoms with Crippen molar-refractivity contribution in [1.29, 1.82) is 0 Å². The van der Waals surface area contributed by atoms with E-state index in [0.29, 0.717) is 5.75 Å². The molecule has 0 amide bonds. The van der Waals surface area contributed by atoms with Crippen molar-refractivity contribution in [2.75, 3.05) is 7.11 Å². The van der Waals surface area contributed by atoms with Gasteiger partial charge in [-0.2, -0.15) is 8.42 Å². The van der Waals surface area contributed by atoms with Gasteiger partial charge in [-0.15, -0.1) is 0 Å². The SMILES string of the molecule is CCCCc1ccc(S(=O)(=O)OS(c2ccccc2)(c2ccccc2)c2ccc(OC)cc2)cc1. The molecule has 0 saturated carbocycles. The molecular weight excluding hydrogens is 476 g/mol. The highest BCUT2D eigenvalue weighted by Crippen LogP contribution is 2.70. The van der Waals surface area contributed by atoms with E-state index >= 15 is 0 Å². The van der Waals surface area contributed by atoms with Crippen LogP contribution in [-0.4, -0.2) is 15.5 Å². The van der Waals surface area contributed by atoms with Crippen molar-refractivity contribution in [2.24, 2.45) is 0 Å². The molecule has 4 aromatic carbocycles. The Labute approximate surface area is 210 Å². The van der Waals surface area contributed by atoms with E-state index in [-0.39, 0.29) is 4.90 Å². The normalized spacial score (nSPS) is 12.3. The number of aryl methyl sites for hydroxylation is 1. The zero-order valence-electron chi connectivity index (χ0n) is 20.0. The van der Waals surface area contributed by atoms with Gasteiger partial charge in [-0.25, -0.2) is 3.63 Å². The number of hydrogen-bond acceptors (Lipinski definition) is 4. The van der Waals surface area contributed by atoms with Crippen LogP contribution in [0.1, 0.15) is 25.3 Å². The molecule has 0 unspecified atom stereocenters. The first-order valence-electron chi connectivity index (χ1n) is 11.6. The Morgan fingerprint density at radius 2 is 1.11 bits per heavy atom. The Morgan fingerprint density at radius 1 is 0.629 bits per heavy atom. The van der Waals surface area contributed by atoms with E-state index in [9.17, 15) is 8.42 Å². The minimum absolute atomic E-state index is 0.148. The van der Waals surface area contributed by atoms with E-state index in [4.69, 9.17) is 8.37 Å². The molecule has 4 nitrogen and oxygen atoms in total. The Balaban J connectivity index is 1.88. The lowest BCUT2D eigenvalue weighted by Crippen LogP contribution is -2.14. The highest BCUT2D eigenvalue weighted by molar-refractivity contribution is 8.33. The van der Waals surface area contributed by atoms with Gasteiger partial charge in [0, 0.05) is 14.7 Å². The zero-order chi connectivity index (χ0) is 24.7. The predicted octanol–water partition coefficient (Wildman–Crippen LogP) is 7.64. The maximum atomic E-state index is 13.8. The Bertz CT molecular complexity index is 1280. The van der Waals surface area contributed by atoms with Gasteiger partial charge in [-0.05, 0) is 89.4 Å². The molecule has 0 fully saturated rings. The quantitative estimate of drug-likeness (QED) is 0.222. The summed E-state index contributed by atoms with van der Waals surface area (Å²) in [6.45, 7) is 2.14. The van der Waals surface area contributed by atoms with Crippen LogP contribution >= 0.6 is 10.3 Å². The smallest absolute Gasteiger partial charge is 0.307 e. The van der Waals surface area contributed by atoms with Crippen molar-refractivity contribution in [3.8, 4) is 5.75 Å². The fourth-order valence-corrected chi connectivity index (χ4v) is 9.11. The summed E-state index contributed by atoms with van der Waals surface area (Å²) in [4.78, 5) is 2.49. The topological polar surface area (TPSA) is 52.6 Å². The van der Waals surface area contributed by atoms with Gasteiger partial charge in [0.25, 0.3) is 0 Å². The predicted molar refractivity (Wildman–Crippen MR) is 142 cm³/mol. The van der Waals surface area contributed by atoms with E-state index in [1.165, 1.54) is 0 Å². The third-order valence-corrected chi connectivity index (χ3v) is 11.0. The summed E-state index contributed by atoms with van der Waals surface area (Å²) in [6, 6.07) is 33.6. The molecule has 0 aliphatic heterocycles. The molecule has 6 heteroatoms. The Kier molecular flexibility index (Phi) is 7.96. The Morgan fingerprint density at radius 3 is 1.60 bits per heavy atom. The Hall–Kier alpha value is -3.06. The van der Waals surface area contributed by atoms with Crippen molar-refractivity contribution in [2.45, 2.75) is 45.8 Å². The van der Waals surface area contributed by atoms with Gasteiger partial charge in [-0.3, -0.25) is 0 Å². The molecule has 0 aliphatic carbocycles. The third kappa shape index (κ3) is 5.45. The largest absolute Gasteiger partial charge is 0.497 e. The standard InChI is InChI=1S/C29H30O4S2/c1-3-4-11-24-16-20-29(21-17-24)35(30,31)33-34(26-12-7-5-8-13-26,27-14-9-6-10-15-27)28-22-18-25(32-2)19-23-28/h5-10,12-23H,3-4,11H2,1-2H3. The second kappa shape index (κ2) is 11.1. The van der Waals surface area contributed by atoms with Gasteiger partial charge in [0.05, 0.1) is 12.0 Å². The van der Waals surface area contributed by atoms with Gasteiger partial charge >= 0.3 is 10.1 Å². The van der Waals surface area contributed by atoms with Crippen molar-refractivity contribution < 1.29 is 16.8 Å². The summed E-state index contributed by atoms with van der Waals surface area (Å²) in [5, 5.41) is 0. The van der Waals surface area contributed by atoms with Crippen LogP contribution in [0.2, 0.25) is 0 Å². The molecule has 182 valence electrons. The lowest BCUT2D eigenvalue weighted by Gasteiger charge is -2.39. The number of hydrogen-bond donors (Lipinski definition) is 0. The molecule has 4 rings (SSSR count). The lowest BCUT2D eigenvalue weighted by atomic mass is 10.1. The summed E-state index contributed by atoms with van der Waals surface area (Å²) in [6.07, 6.45) is 3.08. The fourth-order valence-electron chi connectivity index (χ4n) is 3.90. The maximum absolute atomic E-state index is 13.8. The van der Waals surface area contributed by atoms with Crippen LogP contribution < -0.4 is 4.74 Å². The summed E-state index contributed by atoms with van der Waals surface area (Å²) >= 11 is 0. The summed E-state index contributed by atoms with van der Waals surface area (Å²) in [5.74, 6) is 0.689. The molecule has 0 atom stereocenters. The molecule has 4 aromatic rings. The second-order valence-electron chi connectivity index (χ2n) is 8.13. The van der Waals surface area contributed by atoms with Gasteiger partial charge in [-0.1, -0.05) is 61.9 Å². The minimum atomic E-state index is -4.11. The number of rotatable bonds is 10. The first-order valence-corrected chi connectivity index (χ1v) is 14.6. The van der Waals surface area contributed by atoms with Crippen molar-refractivity contribution in [3.05, 3.63) is 115 Å². The van der Waals surface area contributed by atoms with Crippen LogP contribution in [0.25, 0.3) is 0 Å². The number of unbranched alkanes of at least 4 members (excludes halogenated alkanes) is 1. The van der Waals surface area contributed by atoms with Crippen LogP contribution in [0.15, 0.2) is 129 Å². The van der Waals surface area contributed by atoms with Gasteiger partial charge < -0.3 is 4.74 Å². The van der Waals surface area contributed by atoms with Crippen molar-refractivity contribution >= 4 is 20.4 Å². The van der Waals surface area contributed by atoms with Crippen LogP contribution in [-0.2, 0) is 20.2 Å². The minimum Gasteiger partial charge on any atom is -0.497 e. The number of methoxy groups -OCH3 is 1. The monoisotopic (exact) mass is 506 g/mol. The molecule has 0 aromatic heterocycles. The average molecular weight is 507 g/mol. The molecule has 0 radical (unpaired) electrons. The van der Waals surface area contributed by atoms with E-state index < -0.39 is 20.4 Å². The van der Waals surface area contributed by atoms with Gasteiger partial charge in [0.1, 0.15) is 5.75 Å². The molecule has 0 saturated heterocycles. The van der Waals surface area contributed by atoms with E-state index in [2.05, 4.69) is 6.92 Å². The third-order valence-electron chi connectivity index (χ3n) is 5.76.